The monoisotopic (exact) mass is 456 g/mol. The number of imidazole rings is 1. The predicted molar refractivity (Wildman–Crippen MR) is 129 cm³/mol. The molecule has 0 bridgehead atoms. The lowest BCUT2D eigenvalue weighted by atomic mass is 10.0. The number of carbonyl (C=O) groups excluding carboxylic acids is 1. The number of halogens is 1. The van der Waals surface area contributed by atoms with Crippen LogP contribution in [-0.4, -0.2) is 28.3 Å². The molecule has 164 valence electrons. The van der Waals surface area contributed by atoms with Gasteiger partial charge in [0.1, 0.15) is 6.04 Å². The summed E-state index contributed by atoms with van der Waals surface area (Å²) in [5, 5.41) is 9.26. The van der Waals surface area contributed by atoms with Gasteiger partial charge in [-0.05, 0) is 54.5 Å². The number of piperidine rings is 1. The van der Waals surface area contributed by atoms with E-state index in [0.717, 1.165) is 28.6 Å². The molecule has 0 N–H and O–H groups in total. The van der Waals surface area contributed by atoms with Gasteiger partial charge < -0.3 is 9.47 Å². The molecule has 1 fully saturated rings. The lowest BCUT2D eigenvalue weighted by molar-refractivity contribution is -0.123. The maximum atomic E-state index is 15.7. The van der Waals surface area contributed by atoms with Crippen molar-refractivity contribution in [2.24, 2.45) is 0 Å². The molecule has 0 saturated carbocycles. The molecule has 1 amide bonds. The van der Waals surface area contributed by atoms with Crippen LogP contribution in [0.25, 0.3) is 22.2 Å². The summed E-state index contributed by atoms with van der Waals surface area (Å²) in [6, 6.07) is 20.2. The Hall–Kier alpha value is -3.63. The second kappa shape index (κ2) is 8.72. The van der Waals surface area contributed by atoms with Crippen LogP contribution in [0, 0.1) is 17.1 Å². The number of benzene rings is 3. The molecule has 1 aliphatic heterocycles. The first-order chi connectivity index (χ1) is 16.1. The Bertz CT molecular complexity index is 1390. The third-order valence-corrected chi connectivity index (χ3v) is 6.91. The summed E-state index contributed by atoms with van der Waals surface area (Å²) in [6.45, 7) is 0.459. The number of thioether (sulfide) groups is 1. The minimum Gasteiger partial charge on any atom is -0.318 e. The van der Waals surface area contributed by atoms with Crippen molar-refractivity contribution in [3.63, 3.8) is 0 Å². The average molecular weight is 457 g/mol. The number of rotatable bonds is 4. The molecule has 0 spiro atoms. The summed E-state index contributed by atoms with van der Waals surface area (Å²) in [6.07, 6.45) is 4.86. The van der Waals surface area contributed by atoms with Crippen LogP contribution in [0.2, 0.25) is 0 Å². The summed E-state index contributed by atoms with van der Waals surface area (Å²) in [5.41, 5.74) is 4.02. The summed E-state index contributed by atoms with van der Waals surface area (Å²) in [7, 11) is 0. The maximum Gasteiger partial charge on any atom is 0.250 e. The van der Waals surface area contributed by atoms with Gasteiger partial charge in [-0.15, -0.1) is 11.8 Å². The first-order valence-corrected chi connectivity index (χ1v) is 11.9. The van der Waals surface area contributed by atoms with Crippen molar-refractivity contribution in [2.75, 3.05) is 17.7 Å². The summed E-state index contributed by atoms with van der Waals surface area (Å²) < 4.78 is 17.5. The summed E-state index contributed by atoms with van der Waals surface area (Å²) in [5.74, 6) is -0.540. The van der Waals surface area contributed by atoms with Gasteiger partial charge in [0.2, 0.25) is 5.91 Å². The number of anilines is 1. The highest BCUT2D eigenvalue weighted by Crippen LogP contribution is 2.39. The van der Waals surface area contributed by atoms with Gasteiger partial charge in [-0.2, -0.15) is 5.26 Å². The van der Waals surface area contributed by atoms with Gasteiger partial charge >= 0.3 is 0 Å². The zero-order valence-corrected chi connectivity index (χ0v) is 18.8. The molecule has 2 heterocycles. The van der Waals surface area contributed by atoms with Crippen LogP contribution in [0.15, 0.2) is 71.9 Å². The lowest BCUT2D eigenvalue weighted by Gasteiger charge is -2.33. The van der Waals surface area contributed by atoms with Gasteiger partial charge in [-0.3, -0.25) is 4.79 Å². The SMILES string of the molecule is CSc1c(-c2ccccc2)ccc(N2CCCC(n3cnc4ccc(C#N)cc43)C2=O)c1F. The van der Waals surface area contributed by atoms with Gasteiger partial charge in [0.05, 0.1) is 39.6 Å². The van der Waals surface area contributed by atoms with E-state index < -0.39 is 6.04 Å². The van der Waals surface area contributed by atoms with Gasteiger partial charge in [0.15, 0.2) is 5.82 Å². The van der Waals surface area contributed by atoms with Crippen LogP contribution in [0.1, 0.15) is 24.4 Å². The smallest absolute Gasteiger partial charge is 0.250 e. The van der Waals surface area contributed by atoms with Gasteiger partial charge in [-0.1, -0.05) is 36.4 Å². The number of hydrogen-bond acceptors (Lipinski definition) is 4. The zero-order chi connectivity index (χ0) is 22.9. The molecular formula is C26H21FN4OS. The highest BCUT2D eigenvalue weighted by molar-refractivity contribution is 7.98. The molecule has 5 nitrogen and oxygen atoms in total. The van der Waals surface area contributed by atoms with Gasteiger partial charge in [0.25, 0.3) is 0 Å². The molecule has 1 aliphatic rings. The lowest BCUT2D eigenvalue weighted by Crippen LogP contribution is -2.42. The molecule has 5 rings (SSSR count). The Balaban J connectivity index is 1.54. The van der Waals surface area contributed by atoms with Gasteiger partial charge in [-0.25, -0.2) is 9.37 Å². The molecule has 4 aromatic rings. The quantitative estimate of drug-likeness (QED) is 0.364. The summed E-state index contributed by atoms with van der Waals surface area (Å²) >= 11 is 1.34. The molecule has 1 unspecified atom stereocenters. The number of hydrogen-bond donors (Lipinski definition) is 0. The number of aromatic nitrogens is 2. The first-order valence-electron chi connectivity index (χ1n) is 10.7. The Labute approximate surface area is 195 Å². The molecular weight excluding hydrogens is 435 g/mol. The van der Waals surface area contributed by atoms with Crippen LogP contribution in [0.5, 0.6) is 0 Å². The molecule has 7 heteroatoms. The average Bonchev–Trinajstić information content (AvgIpc) is 3.27. The fourth-order valence-corrected chi connectivity index (χ4v) is 5.19. The van der Waals surface area contributed by atoms with Crippen LogP contribution in [0.4, 0.5) is 10.1 Å². The number of nitriles is 1. The minimum absolute atomic E-state index is 0.165. The largest absolute Gasteiger partial charge is 0.318 e. The van der Waals surface area contributed by atoms with Crippen molar-refractivity contribution >= 4 is 34.4 Å². The zero-order valence-electron chi connectivity index (χ0n) is 18.0. The van der Waals surface area contributed by atoms with E-state index in [1.54, 1.807) is 35.5 Å². The number of nitrogens with zero attached hydrogens (tertiary/aromatic N) is 4. The molecule has 1 atom stereocenters. The molecule has 1 aromatic heterocycles. The molecule has 33 heavy (non-hydrogen) atoms. The second-order valence-electron chi connectivity index (χ2n) is 7.96. The van der Waals surface area contributed by atoms with Gasteiger partial charge in [0, 0.05) is 6.54 Å². The highest BCUT2D eigenvalue weighted by atomic mass is 32.2. The van der Waals surface area contributed by atoms with Crippen LogP contribution >= 0.6 is 11.8 Å². The standard InChI is InChI=1S/C26H21FN4OS/c1-33-25-19(18-6-3-2-4-7-18)10-12-21(24(25)27)30-13-5-8-22(26(30)32)31-16-29-20-11-9-17(15-28)14-23(20)31/h2-4,6-7,9-12,14,16,22H,5,8,13H2,1H3. The van der Waals surface area contributed by atoms with E-state index in [-0.39, 0.29) is 11.7 Å². The molecule has 0 aliphatic carbocycles. The minimum atomic E-state index is -0.497. The van der Waals surface area contributed by atoms with E-state index in [1.807, 2.05) is 47.2 Å². The van der Waals surface area contributed by atoms with E-state index in [1.165, 1.54) is 11.8 Å². The fourth-order valence-electron chi connectivity index (χ4n) is 4.50. The normalized spacial score (nSPS) is 16.2. The topological polar surface area (TPSA) is 61.9 Å². The highest BCUT2D eigenvalue weighted by Gasteiger charge is 2.34. The Kier molecular flexibility index (Phi) is 5.61. The van der Waals surface area contributed by atoms with E-state index >= 15 is 4.39 Å². The van der Waals surface area contributed by atoms with E-state index in [4.69, 9.17) is 0 Å². The van der Waals surface area contributed by atoms with Crippen molar-refractivity contribution in [1.29, 1.82) is 5.26 Å². The van der Waals surface area contributed by atoms with E-state index in [0.29, 0.717) is 29.1 Å². The predicted octanol–water partition coefficient (Wildman–Crippen LogP) is 5.80. The third kappa shape index (κ3) is 3.66. The van der Waals surface area contributed by atoms with Crippen LogP contribution in [-0.2, 0) is 4.79 Å². The van der Waals surface area contributed by atoms with E-state index in [2.05, 4.69) is 11.1 Å². The van der Waals surface area contributed by atoms with Crippen molar-refractivity contribution in [1.82, 2.24) is 9.55 Å². The number of fused-ring (bicyclic) bond motifs is 1. The van der Waals surface area contributed by atoms with Crippen molar-refractivity contribution in [2.45, 2.75) is 23.8 Å². The fraction of sp³-hybridized carbons (Fsp3) is 0.192. The Morgan fingerprint density at radius 1 is 1.15 bits per heavy atom. The summed E-state index contributed by atoms with van der Waals surface area (Å²) in [4.78, 5) is 20.0. The van der Waals surface area contributed by atoms with Crippen molar-refractivity contribution in [3.05, 3.63) is 78.4 Å². The molecule has 1 saturated heterocycles. The van der Waals surface area contributed by atoms with Crippen LogP contribution in [0.3, 0.4) is 0 Å². The van der Waals surface area contributed by atoms with Crippen molar-refractivity contribution in [3.8, 4) is 17.2 Å². The first kappa shape index (κ1) is 21.2. The number of carbonyl (C=O) groups is 1. The van der Waals surface area contributed by atoms with Crippen molar-refractivity contribution < 1.29 is 9.18 Å². The second-order valence-corrected chi connectivity index (χ2v) is 8.78. The third-order valence-electron chi connectivity index (χ3n) is 6.11. The maximum absolute atomic E-state index is 15.7. The Morgan fingerprint density at radius 3 is 2.73 bits per heavy atom. The van der Waals surface area contributed by atoms with E-state index in [9.17, 15) is 10.1 Å². The van der Waals surface area contributed by atoms with Crippen LogP contribution < -0.4 is 4.90 Å². The molecule has 0 radical (unpaired) electrons. The Morgan fingerprint density at radius 2 is 1.97 bits per heavy atom. The molecule has 3 aromatic carbocycles. The number of amides is 1.